The topological polar surface area (TPSA) is 92.2 Å². The number of benzene rings is 1. The van der Waals surface area contributed by atoms with Crippen LogP contribution in [0.5, 0.6) is 5.75 Å². The zero-order chi connectivity index (χ0) is 30.0. The van der Waals surface area contributed by atoms with Crippen molar-refractivity contribution < 1.29 is 45.5 Å². The van der Waals surface area contributed by atoms with Gasteiger partial charge in [0, 0.05) is 25.1 Å². The number of anilines is 1. The van der Waals surface area contributed by atoms with Crippen LogP contribution in [0.25, 0.3) is 0 Å². The van der Waals surface area contributed by atoms with E-state index >= 15 is 0 Å². The highest BCUT2D eigenvalue weighted by Gasteiger charge is 2.67. The Hall–Kier alpha value is -3.65. The molecule has 2 saturated heterocycles. The summed E-state index contributed by atoms with van der Waals surface area (Å²) in [6.45, 7) is -0.466. The number of aromatic nitrogens is 1. The van der Waals surface area contributed by atoms with E-state index in [2.05, 4.69) is 14.7 Å². The lowest BCUT2D eigenvalue weighted by molar-refractivity contribution is -0.274. The van der Waals surface area contributed by atoms with Crippen molar-refractivity contribution >= 4 is 52.8 Å². The number of carbonyl (C=O) groups is 3. The third kappa shape index (κ3) is 5.03. The van der Waals surface area contributed by atoms with Gasteiger partial charge in [-0.15, -0.1) is 13.2 Å². The number of ether oxygens (including phenoxy) is 1. The van der Waals surface area contributed by atoms with Gasteiger partial charge in [0.15, 0.2) is 5.54 Å². The number of carbonyl (C=O) groups excluding carboxylic acids is 3. The van der Waals surface area contributed by atoms with Gasteiger partial charge >= 0.3 is 18.6 Å². The van der Waals surface area contributed by atoms with Crippen molar-refractivity contribution in [2.75, 3.05) is 11.4 Å². The average Bonchev–Trinajstić information content (AvgIpc) is 3.53. The van der Waals surface area contributed by atoms with Gasteiger partial charge in [-0.2, -0.15) is 13.2 Å². The Kier molecular flexibility index (Phi) is 6.84. The number of Topliss-reactive ketones (excluding diaryl/α,β-unsaturated/α-hetero) is 1. The number of fused-ring (bicyclic) bond motifs is 1. The van der Waals surface area contributed by atoms with Crippen LogP contribution >= 0.6 is 23.2 Å². The molecular formula is C25H16Cl2F6N4O4. The Morgan fingerprint density at radius 3 is 2.22 bits per heavy atom. The molecule has 2 fully saturated rings. The second-order valence-corrected chi connectivity index (χ2v) is 10.4. The number of hydrogen-bond acceptors (Lipinski definition) is 6. The second kappa shape index (κ2) is 9.72. The fourth-order valence-electron chi connectivity index (χ4n) is 5.54. The molecule has 216 valence electrons. The zero-order valence-electron chi connectivity index (χ0n) is 20.3. The van der Waals surface area contributed by atoms with Crippen molar-refractivity contribution in [3.8, 4) is 5.75 Å². The van der Waals surface area contributed by atoms with E-state index in [0.29, 0.717) is 0 Å². The highest BCUT2D eigenvalue weighted by Crippen LogP contribution is 2.50. The first-order chi connectivity index (χ1) is 19.1. The molecule has 41 heavy (non-hydrogen) atoms. The molecule has 0 spiro atoms. The number of aliphatic imine (C=N–C) groups is 1. The summed E-state index contributed by atoms with van der Waals surface area (Å²) in [6.07, 6.45) is -7.76. The van der Waals surface area contributed by atoms with Gasteiger partial charge < -0.3 is 9.64 Å². The van der Waals surface area contributed by atoms with E-state index in [9.17, 15) is 40.7 Å². The molecule has 5 rings (SSSR count). The minimum Gasteiger partial charge on any atom is -0.406 e. The minimum atomic E-state index is -5.27. The number of amides is 3. The van der Waals surface area contributed by atoms with Gasteiger partial charge in [-0.25, -0.2) is 14.7 Å². The molecule has 8 nitrogen and oxygen atoms in total. The third-order valence-electron chi connectivity index (χ3n) is 7.15. The Balaban J connectivity index is 1.57. The van der Waals surface area contributed by atoms with Crippen LogP contribution in [0.3, 0.4) is 0 Å². The SMILES string of the molecule is O=C1N(c2cc(Cl)nc(Cl)c2)C(=O)[C@]2(Cc3ccc(OC(F)(F)F)cc3)C[C@H](C3(C(=O)C(F)(F)F)C=CC=N3)CN12. The second-order valence-electron chi connectivity index (χ2n) is 9.60. The van der Waals surface area contributed by atoms with E-state index in [1.807, 2.05) is 0 Å². The Labute approximate surface area is 237 Å². The Morgan fingerprint density at radius 2 is 1.68 bits per heavy atom. The first-order valence-corrected chi connectivity index (χ1v) is 12.5. The van der Waals surface area contributed by atoms with E-state index in [1.165, 1.54) is 30.3 Å². The van der Waals surface area contributed by atoms with Gasteiger partial charge in [0.2, 0.25) is 0 Å². The maximum atomic E-state index is 14.1. The van der Waals surface area contributed by atoms with Gasteiger partial charge in [0.05, 0.1) is 5.69 Å². The smallest absolute Gasteiger partial charge is 0.406 e. The van der Waals surface area contributed by atoms with Gasteiger partial charge in [-0.05, 0) is 48.4 Å². The molecule has 16 heteroatoms. The van der Waals surface area contributed by atoms with Gasteiger partial charge in [0.25, 0.3) is 11.7 Å². The number of imide groups is 1. The number of alkyl halides is 6. The van der Waals surface area contributed by atoms with Crippen LogP contribution in [-0.4, -0.2) is 64.0 Å². The number of nitrogens with zero attached hydrogens (tertiary/aromatic N) is 4. The maximum absolute atomic E-state index is 14.1. The number of hydrogen-bond donors (Lipinski definition) is 0. The number of ketones is 1. The predicted molar refractivity (Wildman–Crippen MR) is 133 cm³/mol. The molecule has 4 heterocycles. The molecule has 0 aliphatic carbocycles. The van der Waals surface area contributed by atoms with Crippen molar-refractivity contribution in [3.05, 3.63) is 64.4 Å². The first-order valence-electron chi connectivity index (χ1n) is 11.7. The molecule has 1 aromatic carbocycles. The number of rotatable bonds is 6. The molecule has 1 aromatic heterocycles. The van der Waals surface area contributed by atoms with Crippen LogP contribution in [0.1, 0.15) is 12.0 Å². The molecule has 3 amide bonds. The summed E-state index contributed by atoms with van der Waals surface area (Å²) < 4.78 is 82.7. The number of allylic oxidation sites excluding steroid dienone is 1. The van der Waals surface area contributed by atoms with Crippen molar-refractivity contribution in [2.24, 2.45) is 10.9 Å². The number of urea groups is 1. The van der Waals surface area contributed by atoms with Gasteiger partial charge in [-0.1, -0.05) is 35.3 Å². The molecule has 0 N–H and O–H groups in total. The number of pyridine rings is 1. The summed E-state index contributed by atoms with van der Waals surface area (Å²) in [5.41, 5.74) is -4.03. The molecule has 3 aliphatic rings. The summed E-state index contributed by atoms with van der Waals surface area (Å²) in [4.78, 5) is 49.7. The number of halogens is 8. The standard InChI is InChI=1S/C25H16Cl2F6N4O4/c26-17-8-15(9-18(27)35-17)37-20(39)22(10-13-2-4-16(5-3-13)41-25(31,32)33)11-14(12-36(22)21(37)40)23(6-1-7-34-23)19(38)24(28,29)30/h1-9,14H,10-12H2/t14-,22-,23?/m0/s1. The van der Waals surface area contributed by atoms with E-state index in [4.69, 9.17) is 23.2 Å². The molecule has 3 atom stereocenters. The highest BCUT2D eigenvalue weighted by atomic mass is 35.5. The molecule has 0 radical (unpaired) electrons. The Morgan fingerprint density at radius 1 is 1.05 bits per heavy atom. The van der Waals surface area contributed by atoms with Crippen molar-refractivity contribution in [2.45, 2.75) is 36.5 Å². The first kappa shape index (κ1) is 28.9. The molecule has 0 saturated carbocycles. The Bertz CT molecular complexity index is 1460. The van der Waals surface area contributed by atoms with Crippen molar-refractivity contribution in [3.63, 3.8) is 0 Å². The van der Waals surface area contributed by atoms with Crippen LogP contribution in [0, 0.1) is 5.92 Å². The van der Waals surface area contributed by atoms with E-state index < -0.39 is 66.0 Å². The monoisotopic (exact) mass is 620 g/mol. The van der Waals surface area contributed by atoms with Gasteiger partial charge in [-0.3, -0.25) is 14.6 Å². The summed E-state index contributed by atoms with van der Waals surface area (Å²) in [7, 11) is 0. The third-order valence-corrected chi connectivity index (χ3v) is 7.54. The largest absolute Gasteiger partial charge is 0.573 e. The summed E-state index contributed by atoms with van der Waals surface area (Å²) >= 11 is 11.9. The van der Waals surface area contributed by atoms with Crippen LogP contribution in [0.15, 0.2) is 53.5 Å². The lowest BCUT2D eigenvalue weighted by Crippen LogP contribution is -2.50. The summed E-state index contributed by atoms with van der Waals surface area (Å²) in [5.74, 6) is -4.83. The molecule has 0 bridgehead atoms. The summed E-state index contributed by atoms with van der Waals surface area (Å²) in [6, 6.07) is 5.91. The lowest BCUT2D eigenvalue weighted by atomic mass is 9.75. The lowest BCUT2D eigenvalue weighted by Gasteiger charge is -2.31. The highest BCUT2D eigenvalue weighted by molar-refractivity contribution is 6.33. The van der Waals surface area contributed by atoms with Crippen molar-refractivity contribution in [1.29, 1.82) is 0 Å². The molecular weight excluding hydrogens is 605 g/mol. The van der Waals surface area contributed by atoms with Gasteiger partial charge in [0.1, 0.15) is 21.6 Å². The normalized spacial score (nSPS) is 25.8. The molecule has 1 unspecified atom stereocenters. The van der Waals surface area contributed by atoms with E-state index in [-0.39, 0.29) is 28.0 Å². The van der Waals surface area contributed by atoms with Crippen molar-refractivity contribution in [1.82, 2.24) is 9.88 Å². The minimum absolute atomic E-state index is 0.0517. The fraction of sp³-hybridized carbons (Fsp3) is 0.320. The molecule has 3 aliphatic heterocycles. The quantitative estimate of drug-likeness (QED) is 0.239. The maximum Gasteiger partial charge on any atom is 0.573 e. The van der Waals surface area contributed by atoms with Crippen LogP contribution in [-0.2, 0) is 16.0 Å². The summed E-state index contributed by atoms with van der Waals surface area (Å²) in [5, 5.41) is -0.292. The van der Waals surface area contributed by atoms with Crippen LogP contribution in [0.2, 0.25) is 10.3 Å². The molecule has 2 aromatic rings. The van der Waals surface area contributed by atoms with E-state index in [0.717, 1.165) is 34.2 Å². The predicted octanol–water partition coefficient (Wildman–Crippen LogP) is 5.57. The fourth-order valence-corrected chi connectivity index (χ4v) is 5.99. The van der Waals surface area contributed by atoms with E-state index in [1.54, 1.807) is 0 Å². The van der Waals surface area contributed by atoms with Crippen LogP contribution < -0.4 is 9.64 Å². The zero-order valence-corrected chi connectivity index (χ0v) is 21.9. The average molecular weight is 621 g/mol. The van der Waals surface area contributed by atoms with Crippen LogP contribution in [0.4, 0.5) is 36.8 Å².